The molecule has 0 aromatic carbocycles. The SMILES string of the molecule is CCCNCC1CCCN(S(=O)(=O)N2CC(C)C(C)C2)C1. The molecular weight excluding hydrogens is 286 g/mol. The Balaban J connectivity index is 1.93. The molecule has 2 heterocycles. The maximum Gasteiger partial charge on any atom is 0.282 e. The van der Waals surface area contributed by atoms with E-state index in [1.165, 1.54) is 0 Å². The van der Waals surface area contributed by atoms with Crippen molar-refractivity contribution in [2.24, 2.45) is 17.8 Å². The molecule has 0 aromatic rings. The van der Waals surface area contributed by atoms with E-state index in [1.807, 2.05) is 0 Å². The number of hydrogen-bond donors (Lipinski definition) is 1. The van der Waals surface area contributed by atoms with E-state index in [1.54, 1.807) is 8.61 Å². The van der Waals surface area contributed by atoms with E-state index in [2.05, 4.69) is 26.1 Å². The van der Waals surface area contributed by atoms with Gasteiger partial charge < -0.3 is 5.32 Å². The van der Waals surface area contributed by atoms with Gasteiger partial charge in [-0.2, -0.15) is 17.0 Å². The van der Waals surface area contributed by atoms with Crippen LogP contribution in [0.1, 0.15) is 40.0 Å². The summed E-state index contributed by atoms with van der Waals surface area (Å²) in [5.41, 5.74) is 0. The summed E-state index contributed by atoms with van der Waals surface area (Å²) in [6, 6.07) is 0. The van der Waals surface area contributed by atoms with Crippen molar-refractivity contribution >= 4 is 10.2 Å². The number of piperidine rings is 1. The van der Waals surface area contributed by atoms with Crippen LogP contribution in [-0.4, -0.2) is 56.3 Å². The van der Waals surface area contributed by atoms with Gasteiger partial charge in [-0.1, -0.05) is 20.8 Å². The minimum absolute atomic E-state index is 0.456. The molecule has 0 aliphatic carbocycles. The fraction of sp³-hybridized carbons (Fsp3) is 1.00. The summed E-state index contributed by atoms with van der Waals surface area (Å²) < 4.78 is 29.0. The van der Waals surface area contributed by atoms with Crippen molar-refractivity contribution in [3.05, 3.63) is 0 Å². The van der Waals surface area contributed by atoms with Crippen molar-refractivity contribution < 1.29 is 8.42 Å². The zero-order chi connectivity index (χ0) is 15.5. The topological polar surface area (TPSA) is 52.7 Å². The Bertz CT molecular complexity index is 417. The highest BCUT2D eigenvalue weighted by molar-refractivity contribution is 7.86. The summed E-state index contributed by atoms with van der Waals surface area (Å²) in [6.45, 7) is 11.1. The van der Waals surface area contributed by atoms with Crippen molar-refractivity contribution in [1.82, 2.24) is 13.9 Å². The first-order chi connectivity index (χ1) is 9.95. The van der Waals surface area contributed by atoms with Crippen LogP contribution in [0.3, 0.4) is 0 Å². The Morgan fingerprint density at radius 1 is 1.10 bits per heavy atom. The van der Waals surface area contributed by atoms with E-state index in [0.717, 1.165) is 32.4 Å². The maximum absolute atomic E-state index is 12.8. The second-order valence-corrected chi connectivity index (χ2v) is 8.78. The minimum atomic E-state index is -3.25. The highest BCUT2D eigenvalue weighted by Gasteiger charge is 2.39. The van der Waals surface area contributed by atoms with Crippen molar-refractivity contribution in [2.45, 2.75) is 40.0 Å². The molecule has 2 fully saturated rings. The molecular formula is C15H31N3O2S. The molecule has 21 heavy (non-hydrogen) atoms. The molecule has 2 aliphatic heterocycles. The minimum Gasteiger partial charge on any atom is -0.316 e. The summed E-state index contributed by atoms with van der Waals surface area (Å²) in [7, 11) is -3.25. The monoisotopic (exact) mass is 317 g/mol. The number of nitrogens with one attached hydrogen (secondary N) is 1. The van der Waals surface area contributed by atoms with Crippen LogP contribution in [0.15, 0.2) is 0 Å². The molecule has 0 radical (unpaired) electrons. The summed E-state index contributed by atoms with van der Waals surface area (Å²) in [5.74, 6) is 1.38. The lowest BCUT2D eigenvalue weighted by Gasteiger charge is -2.34. The van der Waals surface area contributed by atoms with Crippen LogP contribution in [0.5, 0.6) is 0 Å². The van der Waals surface area contributed by atoms with Crippen molar-refractivity contribution in [3.8, 4) is 0 Å². The summed E-state index contributed by atoms with van der Waals surface area (Å²) in [4.78, 5) is 0. The fourth-order valence-electron chi connectivity index (χ4n) is 3.31. The van der Waals surface area contributed by atoms with Crippen LogP contribution in [0.2, 0.25) is 0 Å². The summed E-state index contributed by atoms with van der Waals surface area (Å²) in [6.07, 6.45) is 3.24. The Morgan fingerprint density at radius 2 is 1.76 bits per heavy atom. The average molecular weight is 317 g/mol. The molecule has 3 atom stereocenters. The van der Waals surface area contributed by atoms with E-state index in [-0.39, 0.29) is 0 Å². The zero-order valence-corrected chi connectivity index (χ0v) is 14.5. The van der Waals surface area contributed by atoms with Crippen molar-refractivity contribution in [1.29, 1.82) is 0 Å². The van der Waals surface area contributed by atoms with Crippen LogP contribution in [-0.2, 0) is 10.2 Å². The second kappa shape index (κ2) is 7.40. The maximum atomic E-state index is 12.8. The molecule has 0 aromatic heterocycles. The molecule has 0 amide bonds. The van der Waals surface area contributed by atoms with Crippen molar-refractivity contribution in [3.63, 3.8) is 0 Å². The molecule has 1 N–H and O–H groups in total. The third kappa shape index (κ3) is 4.18. The summed E-state index contributed by atoms with van der Waals surface area (Å²) >= 11 is 0. The quantitative estimate of drug-likeness (QED) is 0.756. The molecule has 2 rings (SSSR count). The van der Waals surface area contributed by atoms with Gasteiger partial charge in [0.2, 0.25) is 0 Å². The molecule has 0 bridgehead atoms. The van der Waals surface area contributed by atoms with Gasteiger partial charge in [0.25, 0.3) is 10.2 Å². The molecule has 0 spiro atoms. The Kier molecular flexibility index (Phi) is 6.05. The van der Waals surface area contributed by atoms with Gasteiger partial charge in [-0.05, 0) is 50.1 Å². The van der Waals surface area contributed by atoms with Gasteiger partial charge in [0.1, 0.15) is 0 Å². The Labute approximate surface area is 130 Å². The predicted molar refractivity (Wildman–Crippen MR) is 86.3 cm³/mol. The van der Waals surface area contributed by atoms with E-state index < -0.39 is 10.2 Å². The molecule has 5 nitrogen and oxygen atoms in total. The van der Waals surface area contributed by atoms with Gasteiger partial charge in [-0.3, -0.25) is 0 Å². The van der Waals surface area contributed by atoms with Crippen LogP contribution in [0.4, 0.5) is 0 Å². The number of hydrogen-bond acceptors (Lipinski definition) is 3. The number of rotatable bonds is 6. The largest absolute Gasteiger partial charge is 0.316 e. The lowest BCUT2D eigenvalue weighted by Crippen LogP contribution is -2.48. The van der Waals surface area contributed by atoms with Gasteiger partial charge in [-0.25, -0.2) is 0 Å². The normalized spacial score (nSPS) is 32.6. The molecule has 2 aliphatic rings. The molecule has 124 valence electrons. The van der Waals surface area contributed by atoms with Crippen molar-refractivity contribution in [2.75, 3.05) is 39.3 Å². The lowest BCUT2D eigenvalue weighted by molar-refractivity contribution is 0.245. The zero-order valence-electron chi connectivity index (χ0n) is 13.7. The van der Waals surface area contributed by atoms with Gasteiger partial charge in [0.15, 0.2) is 0 Å². The first kappa shape index (κ1) is 17.2. The molecule has 3 unspecified atom stereocenters. The Morgan fingerprint density at radius 3 is 2.38 bits per heavy atom. The fourth-order valence-corrected chi connectivity index (χ4v) is 5.25. The van der Waals surface area contributed by atoms with E-state index >= 15 is 0 Å². The molecule has 2 saturated heterocycles. The van der Waals surface area contributed by atoms with Crippen LogP contribution >= 0.6 is 0 Å². The smallest absolute Gasteiger partial charge is 0.282 e. The van der Waals surface area contributed by atoms with Gasteiger partial charge >= 0.3 is 0 Å². The third-order valence-electron chi connectivity index (χ3n) is 4.95. The van der Waals surface area contributed by atoms with Crippen LogP contribution in [0, 0.1) is 17.8 Å². The second-order valence-electron chi connectivity index (χ2n) is 6.85. The standard InChI is InChI=1S/C15H31N3O2S/c1-4-7-16-9-15-6-5-8-17(12-15)21(19,20)18-10-13(2)14(3)11-18/h13-16H,4-12H2,1-3H3. The predicted octanol–water partition coefficient (Wildman–Crippen LogP) is 1.53. The first-order valence-corrected chi connectivity index (χ1v) is 9.80. The highest BCUT2D eigenvalue weighted by atomic mass is 32.2. The van der Waals surface area contributed by atoms with Crippen LogP contribution in [0.25, 0.3) is 0 Å². The van der Waals surface area contributed by atoms with Crippen LogP contribution < -0.4 is 5.32 Å². The van der Waals surface area contributed by atoms with Gasteiger partial charge in [0, 0.05) is 26.2 Å². The molecule has 6 heteroatoms. The summed E-state index contributed by atoms with van der Waals surface area (Å²) in [5, 5.41) is 3.43. The molecule has 0 saturated carbocycles. The number of nitrogens with zero attached hydrogens (tertiary/aromatic N) is 2. The Hall–Kier alpha value is -0.170. The first-order valence-electron chi connectivity index (χ1n) is 8.41. The van der Waals surface area contributed by atoms with E-state index in [4.69, 9.17) is 0 Å². The lowest BCUT2D eigenvalue weighted by atomic mass is 10.00. The van der Waals surface area contributed by atoms with E-state index in [0.29, 0.717) is 43.9 Å². The third-order valence-corrected chi connectivity index (χ3v) is 6.88. The van der Waals surface area contributed by atoms with Gasteiger partial charge in [-0.15, -0.1) is 0 Å². The van der Waals surface area contributed by atoms with E-state index in [9.17, 15) is 8.42 Å². The highest BCUT2D eigenvalue weighted by Crippen LogP contribution is 2.28. The van der Waals surface area contributed by atoms with Gasteiger partial charge in [0.05, 0.1) is 0 Å². The average Bonchev–Trinajstić information content (AvgIpc) is 2.80.